The van der Waals surface area contributed by atoms with Gasteiger partial charge >= 0.3 is 0 Å². The van der Waals surface area contributed by atoms with Crippen molar-refractivity contribution in [3.05, 3.63) is 56.5 Å². The lowest BCUT2D eigenvalue weighted by Crippen LogP contribution is -1.97. The van der Waals surface area contributed by atoms with E-state index >= 15 is 0 Å². The molecule has 0 fully saturated rings. The van der Waals surface area contributed by atoms with Crippen LogP contribution in [0.2, 0.25) is 15.1 Å². The predicted molar refractivity (Wildman–Crippen MR) is 99.7 cm³/mol. The van der Waals surface area contributed by atoms with Crippen LogP contribution in [0.3, 0.4) is 0 Å². The summed E-state index contributed by atoms with van der Waals surface area (Å²) in [5.41, 5.74) is 5.51. The highest BCUT2D eigenvalue weighted by Gasteiger charge is 2.08. The predicted octanol–water partition coefficient (Wildman–Crippen LogP) is 6.19. The number of nitrogens with zero attached hydrogens (tertiary/aromatic N) is 1. The summed E-state index contributed by atoms with van der Waals surface area (Å²) in [6.45, 7) is 4.54. The quantitative estimate of drug-likeness (QED) is 0.485. The molecular weight excluding hydrogens is 355 g/mol. The molecule has 0 aliphatic carbocycles. The minimum atomic E-state index is 0.464. The van der Waals surface area contributed by atoms with Crippen molar-refractivity contribution >= 4 is 46.7 Å². The summed E-state index contributed by atoms with van der Waals surface area (Å²) in [4.78, 5) is 0. The molecule has 3 nitrogen and oxygen atoms in total. The van der Waals surface area contributed by atoms with Crippen LogP contribution in [0.25, 0.3) is 0 Å². The fraction of sp³-hybridized carbons (Fsp3) is 0.235. The molecule has 0 aliphatic rings. The highest BCUT2D eigenvalue weighted by molar-refractivity contribution is 6.37. The third-order valence-corrected chi connectivity index (χ3v) is 4.02. The van der Waals surface area contributed by atoms with Crippen LogP contribution in [-0.4, -0.2) is 12.8 Å². The van der Waals surface area contributed by atoms with Crippen LogP contribution in [0.5, 0.6) is 5.75 Å². The maximum atomic E-state index is 6.20. The zero-order valence-electron chi connectivity index (χ0n) is 12.9. The first-order chi connectivity index (χ1) is 11.0. The Morgan fingerprint density at radius 3 is 2.39 bits per heavy atom. The molecule has 0 saturated heterocycles. The van der Waals surface area contributed by atoms with Crippen molar-refractivity contribution in [2.75, 3.05) is 12.0 Å². The minimum Gasteiger partial charge on any atom is -0.490 e. The molecule has 0 amide bonds. The van der Waals surface area contributed by atoms with Crippen LogP contribution in [-0.2, 0) is 0 Å². The average molecular weight is 372 g/mol. The van der Waals surface area contributed by atoms with Gasteiger partial charge in [0.15, 0.2) is 5.75 Å². The third kappa shape index (κ3) is 5.03. The van der Waals surface area contributed by atoms with Crippen LogP contribution >= 0.6 is 34.8 Å². The van der Waals surface area contributed by atoms with Crippen molar-refractivity contribution in [2.45, 2.75) is 20.3 Å². The standard InChI is InChI=1S/C17H17Cl3N2O/c1-3-6-23-17-15(19)7-12(8-16(17)20)10-21-22-13-5-4-11(2)14(18)9-13/h4-5,7-10,22H,3,6H2,1-2H3/b21-10+. The maximum Gasteiger partial charge on any atom is 0.156 e. The van der Waals surface area contributed by atoms with Crippen molar-refractivity contribution in [3.8, 4) is 5.75 Å². The first-order valence-corrected chi connectivity index (χ1v) is 8.31. The number of hydrogen-bond acceptors (Lipinski definition) is 3. The van der Waals surface area contributed by atoms with E-state index in [0.717, 1.165) is 23.2 Å². The molecule has 1 N–H and O–H groups in total. The second kappa shape index (κ2) is 8.44. The van der Waals surface area contributed by atoms with Gasteiger partial charge in [0.1, 0.15) is 0 Å². The van der Waals surface area contributed by atoms with Gasteiger partial charge < -0.3 is 4.74 Å². The van der Waals surface area contributed by atoms with E-state index in [1.165, 1.54) is 0 Å². The molecule has 2 rings (SSSR count). The second-order valence-corrected chi connectivity index (χ2v) is 6.22. The summed E-state index contributed by atoms with van der Waals surface area (Å²) in [7, 11) is 0. The van der Waals surface area contributed by atoms with Gasteiger partial charge in [0.05, 0.1) is 28.6 Å². The maximum absolute atomic E-state index is 6.20. The van der Waals surface area contributed by atoms with Gasteiger partial charge in [-0.2, -0.15) is 5.10 Å². The van der Waals surface area contributed by atoms with Crippen molar-refractivity contribution < 1.29 is 4.74 Å². The number of halogens is 3. The Bertz CT molecular complexity index is 694. The number of hydrogen-bond donors (Lipinski definition) is 1. The molecule has 0 atom stereocenters. The lowest BCUT2D eigenvalue weighted by molar-refractivity contribution is 0.318. The van der Waals surface area contributed by atoms with Gasteiger partial charge in [-0.05, 0) is 48.7 Å². The molecule has 6 heteroatoms. The molecule has 0 radical (unpaired) electrons. The molecular formula is C17H17Cl3N2O. The van der Waals surface area contributed by atoms with E-state index in [9.17, 15) is 0 Å². The number of benzene rings is 2. The smallest absolute Gasteiger partial charge is 0.156 e. The molecule has 122 valence electrons. The zero-order chi connectivity index (χ0) is 16.8. The first kappa shape index (κ1) is 17.9. The Balaban J connectivity index is 2.08. The SMILES string of the molecule is CCCOc1c(Cl)cc(/C=N/Nc2ccc(C)c(Cl)c2)cc1Cl. The highest BCUT2D eigenvalue weighted by Crippen LogP contribution is 2.34. The summed E-state index contributed by atoms with van der Waals surface area (Å²) < 4.78 is 5.53. The van der Waals surface area contributed by atoms with Crippen LogP contribution in [0.4, 0.5) is 5.69 Å². The third-order valence-electron chi connectivity index (χ3n) is 3.05. The van der Waals surface area contributed by atoms with Crippen LogP contribution in [0, 0.1) is 6.92 Å². The largest absolute Gasteiger partial charge is 0.490 e. The zero-order valence-corrected chi connectivity index (χ0v) is 15.1. The summed E-state index contributed by atoms with van der Waals surface area (Å²) in [6, 6.07) is 9.15. The number of nitrogens with one attached hydrogen (secondary N) is 1. The van der Waals surface area contributed by atoms with E-state index in [-0.39, 0.29) is 0 Å². The summed E-state index contributed by atoms with van der Waals surface area (Å²) in [5.74, 6) is 0.505. The fourth-order valence-corrected chi connectivity index (χ4v) is 2.63. The number of anilines is 1. The molecule has 0 aromatic heterocycles. The van der Waals surface area contributed by atoms with Gasteiger partial charge in [-0.25, -0.2) is 0 Å². The van der Waals surface area contributed by atoms with Gasteiger partial charge in [0.25, 0.3) is 0 Å². The van der Waals surface area contributed by atoms with Gasteiger partial charge in [-0.15, -0.1) is 0 Å². The summed E-state index contributed by atoms with van der Waals surface area (Å²) in [5, 5.41) is 5.78. The summed E-state index contributed by atoms with van der Waals surface area (Å²) >= 11 is 18.5. The monoisotopic (exact) mass is 370 g/mol. The van der Waals surface area contributed by atoms with E-state index in [0.29, 0.717) is 27.4 Å². The number of rotatable bonds is 6. The van der Waals surface area contributed by atoms with Crippen molar-refractivity contribution in [2.24, 2.45) is 5.10 Å². The molecule has 0 spiro atoms. The Labute approximate surface area is 151 Å². The van der Waals surface area contributed by atoms with Gasteiger partial charge in [0.2, 0.25) is 0 Å². The number of aryl methyl sites for hydroxylation is 1. The first-order valence-electron chi connectivity index (χ1n) is 7.18. The molecule has 0 unspecified atom stereocenters. The van der Waals surface area contributed by atoms with Gasteiger partial charge in [0, 0.05) is 5.02 Å². The minimum absolute atomic E-state index is 0.464. The van der Waals surface area contributed by atoms with Crippen molar-refractivity contribution in [1.29, 1.82) is 0 Å². The highest BCUT2D eigenvalue weighted by atomic mass is 35.5. The topological polar surface area (TPSA) is 33.6 Å². The lowest BCUT2D eigenvalue weighted by Gasteiger charge is -2.09. The van der Waals surface area contributed by atoms with Gasteiger partial charge in [-0.3, -0.25) is 5.43 Å². The lowest BCUT2D eigenvalue weighted by atomic mass is 10.2. The van der Waals surface area contributed by atoms with Crippen LogP contribution in [0.1, 0.15) is 24.5 Å². The molecule has 2 aromatic rings. The van der Waals surface area contributed by atoms with E-state index in [1.807, 2.05) is 32.0 Å². The Morgan fingerprint density at radius 1 is 1.09 bits per heavy atom. The Hall–Kier alpha value is -1.42. The Morgan fingerprint density at radius 2 is 1.78 bits per heavy atom. The van der Waals surface area contributed by atoms with Crippen molar-refractivity contribution in [3.63, 3.8) is 0 Å². The normalized spacial score (nSPS) is 11.0. The van der Waals surface area contributed by atoms with E-state index < -0.39 is 0 Å². The molecule has 0 bridgehead atoms. The molecule has 0 heterocycles. The number of hydrazone groups is 1. The van der Waals surface area contributed by atoms with Crippen LogP contribution in [0.15, 0.2) is 35.4 Å². The number of ether oxygens (including phenoxy) is 1. The van der Waals surface area contributed by atoms with Crippen molar-refractivity contribution in [1.82, 2.24) is 0 Å². The molecule has 0 aliphatic heterocycles. The van der Waals surface area contributed by atoms with E-state index in [2.05, 4.69) is 10.5 Å². The van der Waals surface area contributed by atoms with Gasteiger partial charge in [-0.1, -0.05) is 47.8 Å². The average Bonchev–Trinajstić information content (AvgIpc) is 2.50. The molecule has 2 aromatic carbocycles. The second-order valence-electron chi connectivity index (χ2n) is 5.00. The molecule has 0 saturated carbocycles. The summed E-state index contributed by atoms with van der Waals surface area (Å²) in [6.07, 6.45) is 2.52. The van der Waals surface area contributed by atoms with Crippen LogP contribution < -0.4 is 10.2 Å². The van der Waals surface area contributed by atoms with E-state index in [1.54, 1.807) is 18.3 Å². The Kier molecular flexibility index (Phi) is 6.58. The van der Waals surface area contributed by atoms with E-state index in [4.69, 9.17) is 39.5 Å². The fourth-order valence-electron chi connectivity index (χ4n) is 1.84. The molecule has 23 heavy (non-hydrogen) atoms.